The van der Waals surface area contributed by atoms with Gasteiger partial charge < -0.3 is 10.6 Å². The molecule has 5 heteroatoms. The molecule has 0 aliphatic carbocycles. The second-order valence-electron chi connectivity index (χ2n) is 6.60. The highest BCUT2D eigenvalue weighted by atomic mass is 32.1. The molecule has 4 nitrogen and oxygen atoms in total. The second-order valence-corrected chi connectivity index (χ2v) is 7.58. The first-order chi connectivity index (χ1) is 10.7. The fourth-order valence-corrected chi connectivity index (χ4v) is 4.52. The highest BCUT2D eigenvalue weighted by Crippen LogP contribution is 2.28. The lowest BCUT2D eigenvalue weighted by atomic mass is 9.92. The van der Waals surface area contributed by atoms with Crippen LogP contribution in [0.2, 0.25) is 0 Å². The van der Waals surface area contributed by atoms with Crippen LogP contribution in [0.15, 0.2) is 17.5 Å². The van der Waals surface area contributed by atoms with Crippen LogP contribution in [0.25, 0.3) is 0 Å². The van der Waals surface area contributed by atoms with E-state index in [4.69, 9.17) is 0 Å². The Morgan fingerprint density at radius 3 is 3.00 bits per heavy atom. The molecule has 0 aromatic carbocycles. The number of nitrogens with one attached hydrogen (secondary N) is 2. The lowest BCUT2D eigenvalue weighted by Crippen LogP contribution is -2.44. The van der Waals surface area contributed by atoms with Crippen LogP contribution >= 0.6 is 11.3 Å². The van der Waals surface area contributed by atoms with E-state index >= 15 is 0 Å². The summed E-state index contributed by atoms with van der Waals surface area (Å²) in [5, 5.41) is 8.78. The highest BCUT2D eigenvalue weighted by Gasteiger charge is 2.28. The van der Waals surface area contributed by atoms with Crippen LogP contribution in [0.1, 0.15) is 43.5 Å². The van der Waals surface area contributed by atoms with Gasteiger partial charge in [0, 0.05) is 23.4 Å². The molecule has 3 heterocycles. The fraction of sp³-hybridized carbons (Fsp3) is 0.706. The Balaban J connectivity index is 1.57. The van der Waals surface area contributed by atoms with Crippen molar-refractivity contribution in [3.63, 3.8) is 0 Å². The van der Waals surface area contributed by atoms with Crippen molar-refractivity contribution in [3.8, 4) is 0 Å². The van der Waals surface area contributed by atoms with E-state index in [0.717, 1.165) is 39.0 Å². The third-order valence-corrected chi connectivity index (χ3v) is 5.89. The quantitative estimate of drug-likeness (QED) is 0.875. The van der Waals surface area contributed by atoms with Gasteiger partial charge in [0.2, 0.25) is 5.91 Å². The number of hydrogen-bond acceptors (Lipinski definition) is 4. The summed E-state index contributed by atoms with van der Waals surface area (Å²) in [6.07, 6.45) is 4.48. The van der Waals surface area contributed by atoms with Crippen molar-refractivity contribution in [1.29, 1.82) is 0 Å². The van der Waals surface area contributed by atoms with E-state index in [1.54, 1.807) is 11.3 Å². The van der Waals surface area contributed by atoms with Crippen molar-refractivity contribution >= 4 is 17.2 Å². The predicted octanol–water partition coefficient (Wildman–Crippen LogP) is 2.39. The minimum atomic E-state index is 0.179. The molecule has 0 bridgehead atoms. The zero-order valence-corrected chi connectivity index (χ0v) is 14.2. The predicted molar refractivity (Wildman–Crippen MR) is 91.1 cm³/mol. The smallest absolute Gasteiger partial charge is 0.223 e. The minimum absolute atomic E-state index is 0.179. The van der Waals surface area contributed by atoms with Gasteiger partial charge in [-0.05, 0) is 63.7 Å². The van der Waals surface area contributed by atoms with E-state index in [1.807, 2.05) is 0 Å². The Kier molecular flexibility index (Phi) is 5.50. The van der Waals surface area contributed by atoms with E-state index in [9.17, 15) is 4.79 Å². The molecule has 22 heavy (non-hydrogen) atoms. The van der Waals surface area contributed by atoms with Gasteiger partial charge in [-0.15, -0.1) is 11.3 Å². The van der Waals surface area contributed by atoms with Crippen molar-refractivity contribution < 1.29 is 4.79 Å². The third-order valence-electron chi connectivity index (χ3n) is 4.92. The standard InChI is InChI=1S/C17H27N3OS/c1-13-11-14(6-7-18-13)17(21)19-12-15(16-5-4-10-22-16)20-8-2-3-9-20/h4-5,10,13-15,18H,2-3,6-9,11-12H2,1H3,(H,19,21)/t13-,14-,15?/m0/s1. The van der Waals surface area contributed by atoms with E-state index in [2.05, 4.69) is 40.0 Å². The van der Waals surface area contributed by atoms with Crippen LogP contribution in [-0.4, -0.2) is 43.0 Å². The molecule has 3 rings (SSSR count). The monoisotopic (exact) mass is 321 g/mol. The number of thiophene rings is 1. The maximum Gasteiger partial charge on any atom is 0.223 e. The molecular formula is C17H27N3OS. The second kappa shape index (κ2) is 7.57. The van der Waals surface area contributed by atoms with Gasteiger partial charge in [-0.2, -0.15) is 0 Å². The van der Waals surface area contributed by atoms with Crippen LogP contribution in [-0.2, 0) is 4.79 Å². The van der Waals surface area contributed by atoms with Crippen molar-refractivity contribution in [2.24, 2.45) is 5.92 Å². The summed E-state index contributed by atoms with van der Waals surface area (Å²) in [5.41, 5.74) is 0. The lowest BCUT2D eigenvalue weighted by Gasteiger charge is -2.30. The van der Waals surface area contributed by atoms with E-state index in [-0.39, 0.29) is 11.8 Å². The van der Waals surface area contributed by atoms with Crippen LogP contribution in [0, 0.1) is 5.92 Å². The van der Waals surface area contributed by atoms with Gasteiger partial charge in [0.25, 0.3) is 0 Å². The van der Waals surface area contributed by atoms with E-state index in [0.29, 0.717) is 12.1 Å². The van der Waals surface area contributed by atoms with Gasteiger partial charge in [0.05, 0.1) is 6.04 Å². The Bertz CT molecular complexity index is 470. The molecule has 2 fully saturated rings. The number of hydrogen-bond donors (Lipinski definition) is 2. The molecule has 2 aliphatic rings. The van der Waals surface area contributed by atoms with Crippen molar-refractivity contribution in [3.05, 3.63) is 22.4 Å². The van der Waals surface area contributed by atoms with Crippen LogP contribution in [0.3, 0.4) is 0 Å². The third kappa shape index (κ3) is 3.89. The van der Waals surface area contributed by atoms with Crippen LogP contribution in [0.5, 0.6) is 0 Å². The Labute approximate surface area is 137 Å². The zero-order chi connectivity index (χ0) is 15.4. The van der Waals surface area contributed by atoms with Gasteiger partial charge >= 0.3 is 0 Å². The zero-order valence-electron chi connectivity index (χ0n) is 13.4. The molecule has 0 radical (unpaired) electrons. The summed E-state index contributed by atoms with van der Waals surface area (Å²) in [6.45, 7) is 6.18. The normalized spacial score (nSPS) is 27.7. The Morgan fingerprint density at radius 2 is 2.32 bits per heavy atom. The number of carbonyl (C=O) groups is 1. The molecule has 1 aromatic rings. The summed E-state index contributed by atoms with van der Waals surface area (Å²) in [6, 6.07) is 5.12. The van der Waals surface area contributed by atoms with Gasteiger partial charge in [0.1, 0.15) is 0 Å². The number of rotatable bonds is 5. The molecule has 2 aliphatic heterocycles. The van der Waals surface area contributed by atoms with E-state index in [1.165, 1.54) is 17.7 Å². The maximum absolute atomic E-state index is 12.5. The Hall–Kier alpha value is -0.910. The average molecular weight is 321 g/mol. The van der Waals surface area contributed by atoms with Gasteiger partial charge in [-0.1, -0.05) is 6.07 Å². The average Bonchev–Trinajstić information content (AvgIpc) is 3.21. The number of amides is 1. The minimum Gasteiger partial charge on any atom is -0.354 e. The highest BCUT2D eigenvalue weighted by molar-refractivity contribution is 7.10. The number of piperidine rings is 1. The number of nitrogens with zero attached hydrogens (tertiary/aromatic N) is 1. The van der Waals surface area contributed by atoms with Gasteiger partial charge in [-0.25, -0.2) is 0 Å². The molecule has 1 amide bonds. The van der Waals surface area contributed by atoms with Crippen molar-refractivity contribution in [2.75, 3.05) is 26.2 Å². The van der Waals surface area contributed by atoms with Crippen molar-refractivity contribution in [2.45, 2.75) is 44.7 Å². The number of likely N-dealkylation sites (tertiary alicyclic amines) is 1. The first-order valence-corrected chi connectivity index (χ1v) is 9.40. The first-order valence-electron chi connectivity index (χ1n) is 8.52. The van der Waals surface area contributed by atoms with Gasteiger partial charge in [-0.3, -0.25) is 9.69 Å². The molecule has 122 valence electrons. The summed E-state index contributed by atoms with van der Waals surface area (Å²) < 4.78 is 0. The summed E-state index contributed by atoms with van der Waals surface area (Å²) in [5.74, 6) is 0.424. The fourth-order valence-electron chi connectivity index (χ4n) is 3.66. The first kappa shape index (κ1) is 16.0. The van der Waals surface area contributed by atoms with Gasteiger partial charge in [0.15, 0.2) is 0 Å². The summed E-state index contributed by atoms with van der Waals surface area (Å²) in [7, 11) is 0. The molecule has 0 spiro atoms. The summed E-state index contributed by atoms with van der Waals surface area (Å²) >= 11 is 1.80. The van der Waals surface area contributed by atoms with Crippen LogP contribution in [0.4, 0.5) is 0 Å². The summed E-state index contributed by atoms with van der Waals surface area (Å²) in [4.78, 5) is 16.4. The molecule has 2 N–H and O–H groups in total. The van der Waals surface area contributed by atoms with Crippen molar-refractivity contribution in [1.82, 2.24) is 15.5 Å². The largest absolute Gasteiger partial charge is 0.354 e. The molecular weight excluding hydrogens is 294 g/mol. The molecule has 1 aromatic heterocycles. The topological polar surface area (TPSA) is 44.4 Å². The maximum atomic E-state index is 12.5. The molecule has 1 unspecified atom stereocenters. The lowest BCUT2D eigenvalue weighted by molar-refractivity contribution is -0.126. The molecule has 0 saturated carbocycles. The number of carbonyl (C=O) groups excluding carboxylic acids is 1. The Morgan fingerprint density at radius 1 is 1.50 bits per heavy atom. The van der Waals surface area contributed by atoms with E-state index < -0.39 is 0 Å². The SMILES string of the molecule is C[C@H]1C[C@@H](C(=O)NCC(c2cccs2)N2CCCC2)CCN1. The molecule has 2 saturated heterocycles. The van der Waals surface area contributed by atoms with Crippen LogP contribution < -0.4 is 10.6 Å². The molecule has 3 atom stereocenters.